The van der Waals surface area contributed by atoms with E-state index in [9.17, 15) is 13.2 Å². The van der Waals surface area contributed by atoms with Crippen LogP contribution in [0.1, 0.15) is 30.9 Å². The molecule has 0 radical (unpaired) electrons. The molecule has 0 heterocycles. The predicted molar refractivity (Wildman–Crippen MR) is 126 cm³/mol. The summed E-state index contributed by atoms with van der Waals surface area (Å²) < 4.78 is 37.5. The topological polar surface area (TPSA) is 72.9 Å². The highest BCUT2D eigenvalue weighted by molar-refractivity contribution is 7.89. The molecular weight excluding hydrogens is 473 g/mol. The molecule has 1 aliphatic carbocycles. The highest BCUT2D eigenvalue weighted by Crippen LogP contribution is 2.47. The summed E-state index contributed by atoms with van der Waals surface area (Å²) in [6, 6.07) is 14.6. The Kier molecular flexibility index (Phi) is 7.76. The Hall–Kier alpha value is -1.80. The zero-order valence-electron chi connectivity index (χ0n) is 18.3. The van der Waals surface area contributed by atoms with E-state index in [1.54, 1.807) is 45.4 Å². The highest BCUT2D eigenvalue weighted by atomic mass is 35.5. The summed E-state index contributed by atoms with van der Waals surface area (Å²) >= 11 is 12.2. The lowest BCUT2D eigenvalue weighted by Gasteiger charge is -2.39. The summed E-state index contributed by atoms with van der Waals surface area (Å²) in [5.74, 6) is 0.750. The van der Waals surface area contributed by atoms with Crippen LogP contribution in [0.5, 0.6) is 11.5 Å². The molecule has 32 heavy (non-hydrogen) atoms. The van der Waals surface area contributed by atoms with Crippen LogP contribution in [0.25, 0.3) is 0 Å². The first-order valence-corrected chi connectivity index (χ1v) is 12.5. The molecule has 0 bridgehead atoms. The van der Waals surface area contributed by atoms with Gasteiger partial charge in [-0.25, -0.2) is 8.42 Å². The first kappa shape index (κ1) is 24.8. The minimum atomic E-state index is -3.73. The third kappa shape index (κ3) is 5.39. The number of ether oxygens (including phenoxy) is 2. The van der Waals surface area contributed by atoms with Crippen molar-refractivity contribution in [2.75, 3.05) is 14.2 Å². The van der Waals surface area contributed by atoms with Gasteiger partial charge in [-0.2, -0.15) is 4.31 Å². The van der Waals surface area contributed by atoms with Crippen molar-refractivity contribution < 1.29 is 22.7 Å². The Labute approximate surface area is 199 Å². The van der Waals surface area contributed by atoms with E-state index in [-0.39, 0.29) is 37.6 Å². The Morgan fingerprint density at radius 2 is 1.41 bits per heavy atom. The second-order valence-electron chi connectivity index (χ2n) is 8.00. The fraction of sp³-hybridized carbons (Fsp3) is 0.435. The molecular formula is C23H27Cl2NO5S. The van der Waals surface area contributed by atoms with E-state index in [0.717, 1.165) is 11.1 Å². The fourth-order valence-corrected chi connectivity index (χ4v) is 5.83. The maximum Gasteiger partial charge on any atom is 0.217 e. The summed E-state index contributed by atoms with van der Waals surface area (Å²) in [5, 5.41) is -0.756. The first-order chi connectivity index (χ1) is 15.1. The molecule has 9 heteroatoms. The molecule has 1 saturated carbocycles. The van der Waals surface area contributed by atoms with Crippen LogP contribution in [0.2, 0.25) is 0 Å². The number of benzene rings is 2. The van der Waals surface area contributed by atoms with Crippen molar-refractivity contribution in [1.29, 1.82) is 0 Å². The van der Waals surface area contributed by atoms with Crippen molar-refractivity contribution in [1.82, 2.24) is 4.31 Å². The number of nitrogens with zero attached hydrogens (tertiary/aromatic N) is 1. The van der Waals surface area contributed by atoms with Crippen LogP contribution in [0.4, 0.5) is 0 Å². The van der Waals surface area contributed by atoms with Gasteiger partial charge in [0.2, 0.25) is 10.0 Å². The van der Waals surface area contributed by atoms with Gasteiger partial charge < -0.3 is 9.47 Å². The fourth-order valence-electron chi connectivity index (χ4n) is 3.70. The van der Waals surface area contributed by atoms with E-state index in [1.807, 2.05) is 24.3 Å². The minimum absolute atomic E-state index is 0.194. The van der Waals surface area contributed by atoms with Gasteiger partial charge in [0.25, 0.3) is 0 Å². The van der Waals surface area contributed by atoms with Gasteiger partial charge in [-0.05, 0) is 48.7 Å². The van der Waals surface area contributed by atoms with Gasteiger partial charge in [0.15, 0.2) is 10.1 Å². The zero-order chi connectivity index (χ0) is 23.5. The zero-order valence-corrected chi connectivity index (χ0v) is 20.6. The third-order valence-corrected chi connectivity index (χ3v) is 9.06. The van der Waals surface area contributed by atoms with Gasteiger partial charge in [-0.1, -0.05) is 47.5 Å². The molecule has 6 nitrogen and oxygen atoms in total. The van der Waals surface area contributed by atoms with Gasteiger partial charge in [-0.15, -0.1) is 0 Å². The van der Waals surface area contributed by atoms with Crippen molar-refractivity contribution in [3.63, 3.8) is 0 Å². The van der Waals surface area contributed by atoms with Crippen LogP contribution in [-0.2, 0) is 27.9 Å². The number of carbonyl (C=O) groups excluding carboxylic acids is 1. The number of Topliss-reactive ketones (excluding diaryl/α,β-unsaturated/α-hetero) is 1. The maximum absolute atomic E-state index is 13.6. The lowest BCUT2D eigenvalue weighted by atomic mass is 9.79. The molecule has 0 spiro atoms. The normalized spacial score (nSPS) is 18.8. The molecule has 3 rings (SSSR count). The van der Waals surface area contributed by atoms with Crippen molar-refractivity contribution in [2.24, 2.45) is 5.92 Å². The molecule has 0 aromatic heterocycles. The number of sulfonamides is 1. The maximum atomic E-state index is 13.6. The third-order valence-electron chi connectivity index (χ3n) is 5.84. The summed E-state index contributed by atoms with van der Waals surface area (Å²) in [7, 11) is -0.567. The van der Waals surface area contributed by atoms with Crippen LogP contribution in [0, 0.1) is 5.92 Å². The van der Waals surface area contributed by atoms with Gasteiger partial charge >= 0.3 is 0 Å². The monoisotopic (exact) mass is 499 g/mol. The number of hydrogen-bond donors (Lipinski definition) is 0. The van der Waals surface area contributed by atoms with Gasteiger partial charge in [0, 0.05) is 25.4 Å². The average Bonchev–Trinajstić information content (AvgIpc) is 2.79. The molecule has 1 aliphatic rings. The Bertz CT molecular complexity index is 990. The van der Waals surface area contributed by atoms with Crippen LogP contribution in [0.3, 0.4) is 0 Å². The van der Waals surface area contributed by atoms with E-state index in [1.165, 1.54) is 4.31 Å². The number of rotatable bonds is 10. The van der Waals surface area contributed by atoms with Crippen LogP contribution in [-0.4, -0.2) is 42.3 Å². The second-order valence-corrected chi connectivity index (χ2v) is 11.7. The van der Waals surface area contributed by atoms with Gasteiger partial charge in [0.1, 0.15) is 11.5 Å². The highest BCUT2D eigenvalue weighted by Gasteiger charge is 2.53. The number of hydrogen-bond acceptors (Lipinski definition) is 5. The first-order valence-electron chi connectivity index (χ1n) is 10.2. The molecule has 2 unspecified atom stereocenters. The molecule has 0 saturated heterocycles. The number of carbonyl (C=O) groups is 1. The molecule has 0 N–H and O–H groups in total. The largest absolute Gasteiger partial charge is 0.497 e. The summed E-state index contributed by atoms with van der Waals surface area (Å²) in [5.41, 5.74) is 1.66. The Balaban J connectivity index is 1.83. The van der Waals surface area contributed by atoms with Crippen molar-refractivity contribution >= 4 is 39.0 Å². The molecule has 0 amide bonds. The minimum Gasteiger partial charge on any atom is -0.497 e. The summed E-state index contributed by atoms with van der Waals surface area (Å²) in [6.45, 7) is 2.02. The number of halogens is 2. The number of methoxy groups -OCH3 is 2. The van der Waals surface area contributed by atoms with Crippen LogP contribution < -0.4 is 9.47 Å². The predicted octanol–water partition coefficient (Wildman–Crippen LogP) is 4.58. The van der Waals surface area contributed by atoms with E-state index in [2.05, 4.69) is 0 Å². The quantitative estimate of drug-likeness (QED) is 0.447. The van der Waals surface area contributed by atoms with Gasteiger partial charge in [-0.3, -0.25) is 4.79 Å². The van der Waals surface area contributed by atoms with Crippen LogP contribution >= 0.6 is 23.2 Å². The van der Waals surface area contributed by atoms with E-state index < -0.39 is 19.6 Å². The second kappa shape index (κ2) is 10.00. The lowest BCUT2D eigenvalue weighted by molar-refractivity contribution is -0.128. The van der Waals surface area contributed by atoms with Crippen LogP contribution in [0.15, 0.2) is 48.5 Å². The number of alkyl halides is 2. The standard InChI is InChI=1S/C23H27Cl2NO5S/c1-16(12-19-13-22(27)23(19,24)25)32(28,29)26(14-17-4-8-20(30-2)9-5-17)15-18-6-10-21(31-3)11-7-18/h4-11,16,19H,12-15H2,1-3H3. The van der Waals surface area contributed by atoms with Crippen molar-refractivity contribution in [3.8, 4) is 11.5 Å². The molecule has 174 valence electrons. The molecule has 0 aliphatic heterocycles. The number of ketones is 1. The molecule has 2 aromatic rings. The smallest absolute Gasteiger partial charge is 0.217 e. The SMILES string of the molecule is COc1ccc(CN(Cc2ccc(OC)cc2)S(=O)(=O)C(C)CC2CC(=O)C2(Cl)Cl)cc1. The van der Waals surface area contributed by atoms with E-state index >= 15 is 0 Å². The van der Waals surface area contributed by atoms with E-state index in [0.29, 0.717) is 11.5 Å². The summed E-state index contributed by atoms with van der Waals surface area (Å²) in [4.78, 5) is 11.7. The molecule has 2 aromatic carbocycles. The van der Waals surface area contributed by atoms with E-state index in [4.69, 9.17) is 32.7 Å². The molecule has 2 atom stereocenters. The van der Waals surface area contributed by atoms with Gasteiger partial charge in [0.05, 0.1) is 19.5 Å². The average molecular weight is 500 g/mol. The van der Waals surface area contributed by atoms with Crippen molar-refractivity contribution in [3.05, 3.63) is 59.7 Å². The Morgan fingerprint density at radius 3 is 1.75 bits per heavy atom. The Morgan fingerprint density at radius 1 is 0.969 bits per heavy atom. The summed E-state index contributed by atoms with van der Waals surface area (Å²) in [6.07, 6.45) is 0.409. The van der Waals surface area contributed by atoms with Crippen molar-refractivity contribution in [2.45, 2.75) is 42.4 Å². The molecule has 1 fully saturated rings. The lowest BCUT2D eigenvalue weighted by Crippen LogP contribution is -2.50.